The molecule has 1 saturated carbocycles. The van der Waals surface area contributed by atoms with E-state index in [2.05, 4.69) is 26.2 Å². The molecule has 70 valence electrons. The van der Waals surface area contributed by atoms with Gasteiger partial charge in [0.25, 0.3) is 0 Å². The summed E-state index contributed by atoms with van der Waals surface area (Å²) >= 11 is 3.48. The van der Waals surface area contributed by atoms with Crippen molar-refractivity contribution in [3.63, 3.8) is 0 Å². The van der Waals surface area contributed by atoms with E-state index < -0.39 is 0 Å². The van der Waals surface area contributed by atoms with Crippen molar-refractivity contribution in [2.45, 2.75) is 19.4 Å². The largest absolute Gasteiger partial charge is 0.311 e. The Kier molecular flexibility index (Phi) is 2.96. The van der Waals surface area contributed by atoms with Crippen LogP contribution < -0.4 is 5.32 Å². The van der Waals surface area contributed by atoms with Crippen LogP contribution in [0, 0.1) is 5.92 Å². The molecule has 2 nitrogen and oxygen atoms in total. The summed E-state index contributed by atoms with van der Waals surface area (Å²) in [5, 5.41) is 3.41. The van der Waals surface area contributed by atoms with Crippen molar-refractivity contribution < 1.29 is 0 Å². The Balaban J connectivity index is 1.82. The van der Waals surface area contributed by atoms with Gasteiger partial charge in [0.2, 0.25) is 0 Å². The number of hydrogen-bond acceptors (Lipinski definition) is 2. The summed E-state index contributed by atoms with van der Waals surface area (Å²) in [5.74, 6) is 0.933. The highest BCUT2D eigenvalue weighted by Crippen LogP contribution is 2.27. The predicted octanol–water partition coefficient (Wildman–Crippen LogP) is 2.34. The fourth-order valence-corrected chi connectivity index (χ4v) is 1.66. The monoisotopic (exact) mass is 240 g/mol. The lowest BCUT2D eigenvalue weighted by molar-refractivity contribution is 0.628. The average Bonchev–Trinajstić information content (AvgIpc) is 2.92. The fraction of sp³-hybridized carbons (Fsp3) is 0.500. The SMILES string of the molecule is Brc1cccnc1CNCC1CC1. The van der Waals surface area contributed by atoms with Gasteiger partial charge in [-0.25, -0.2) is 0 Å². The minimum atomic E-state index is 0.873. The molecule has 1 aromatic rings. The molecule has 0 atom stereocenters. The average molecular weight is 241 g/mol. The van der Waals surface area contributed by atoms with Crippen molar-refractivity contribution in [2.24, 2.45) is 5.92 Å². The zero-order valence-corrected chi connectivity index (χ0v) is 9.05. The number of nitrogens with one attached hydrogen (secondary N) is 1. The maximum Gasteiger partial charge on any atom is 0.0683 e. The third kappa shape index (κ3) is 2.78. The Bertz CT molecular complexity index is 284. The molecule has 0 amide bonds. The van der Waals surface area contributed by atoms with Gasteiger partial charge < -0.3 is 5.32 Å². The summed E-state index contributed by atoms with van der Waals surface area (Å²) in [6.07, 6.45) is 4.63. The molecule has 1 N–H and O–H groups in total. The van der Waals surface area contributed by atoms with Gasteiger partial charge >= 0.3 is 0 Å². The van der Waals surface area contributed by atoms with Crippen molar-refractivity contribution in [3.05, 3.63) is 28.5 Å². The van der Waals surface area contributed by atoms with E-state index in [0.29, 0.717) is 0 Å². The minimum Gasteiger partial charge on any atom is -0.311 e. The Hall–Kier alpha value is -0.410. The van der Waals surface area contributed by atoms with Gasteiger partial charge in [-0.15, -0.1) is 0 Å². The maximum atomic E-state index is 4.29. The molecule has 2 rings (SSSR count). The summed E-state index contributed by atoms with van der Waals surface area (Å²) in [4.78, 5) is 4.29. The van der Waals surface area contributed by atoms with E-state index in [1.807, 2.05) is 18.3 Å². The van der Waals surface area contributed by atoms with Crippen LogP contribution in [0.25, 0.3) is 0 Å². The van der Waals surface area contributed by atoms with Gasteiger partial charge in [0.05, 0.1) is 5.69 Å². The van der Waals surface area contributed by atoms with E-state index in [-0.39, 0.29) is 0 Å². The van der Waals surface area contributed by atoms with Gasteiger partial charge in [0.15, 0.2) is 0 Å². The lowest BCUT2D eigenvalue weighted by Gasteiger charge is -2.04. The van der Waals surface area contributed by atoms with Crippen molar-refractivity contribution in [1.82, 2.24) is 10.3 Å². The molecule has 0 radical (unpaired) electrons. The standard InChI is InChI=1S/C10H13BrN2/c11-9-2-1-5-13-10(9)7-12-6-8-3-4-8/h1-2,5,8,12H,3-4,6-7H2. The topological polar surface area (TPSA) is 24.9 Å². The first-order valence-corrected chi connectivity index (χ1v) is 5.45. The zero-order chi connectivity index (χ0) is 9.10. The second kappa shape index (κ2) is 4.20. The van der Waals surface area contributed by atoms with Gasteiger partial charge in [0.1, 0.15) is 0 Å². The van der Waals surface area contributed by atoms with Gasteiger partial charge in [-0.2, -0.15) is 0 Å². The molecule has 0 unspecified atom stereocenters. The second-order valence-corrected chi connectivity index (χ2v) is 4.36. The molecular weight excluding hydrogens is 228 g/mol. The van der Waals surface area contributed by atoms with Crippen LogP contribution in [0.1, 0.15) is 18.5 Å². The molecule has 0 aliphatic heterocycles. The lowest BCUT2D eigenvalue weighted by atomic mass is 10.3. The summed E-state index contributed by atoms with van der Waals surface area (Å²) in [7, 11) is 0. The van der Waals surface area contributed by atoms with Crippen LogP contribution in [0.5, 0.6) is 0 Å². The van der Waals surface area contributed by atoms with E-state index in [1.54, 1.807) is 0 Å². The highest BCUT2D eigenvalue weighted by Gasteiger charge is 2.20. The predicted molar refractivity (Wildman–Crippen MR) is 56.4 cm³/mol. The Morgan fingerprint density at radius 2 is 2.38 bits per heavy atom. The van der Waals surface area contributed by atoms with Crippen molar-refractivity contribution in [2.75, 3.05) is 6.54 Å². The molecule has 3 heteroatoms. The van der Waals surface area contributed by atoms with E-state index in [9.17, 15) is 0 Å². The number of hydrogen-bond donors (Lipinski definition) is 1. The third-order valence-electron chi connectivity index (χ3n) is 2.26. The van der Waals surface area contributed by atoms with E-state index in [1.165, 1.54) is 12.8 Å². The highest BCUT2D eigenvalue weighted by molar-refractivity contribution is 9.10. The van der Waals surface area contributed by atoms with E-state index in [4.69, 9.17) is 0 Å². The Morgan fingerprint density at radius 3 is 3.08 bits per heavy atom. The molecule has 0 spiro atoms. The Labute approximate surface area is 86.9 Å². The number of nitrogens with zero attached hydrogens (tertiary/aromatic N) is 1. The number of pyridine rings is 1. The minimum absolute atomic E-state index is 0.873. The second-order valence-electron chi connectivity index (χ2n) is 3.51. The number of halogens is 1. The maximum absolute atomic E-state index is 4.29. The summed E-state index contributed by atoms with van der Waals surface area (Å²) < 4.78 is 1.10. The first-order chi connectivity index (χ1) is 6.36. The van der Waals surface area contributed by atoms with Crippen LogP contribution in [-0.4, -0.2) is 11.5 Å². The summed E-state index contributed by atoms with van der Waals surface area (Å²) in [5.41, 5.74) is 1.10. The van der Waals surface area contributed by atoms with Gasteiger partial charge in [-0.1, -0.05) is 0 Å². The zero-order valence-electron chi connectivity index (χ0n) is 7.46. The fourth-order valence-electron chi connectivity index (χ4n) is 1.27. The summed E-state index contributed by atoms with van der Waals surface area (Å²) in [6, 6.07) is 3.97. The first kappa shape index (κ1) is 9.16. The molecular formula is C10H13BrN2. The van der Waals surface area contributed by atoms with E-state index >= 15 is 0 Å². The van der Waals surface area contributed by atoms with Crippen LogP contribution in [0.3, 0.4) is 0 Å². The normalized spacial score (nSPS) is 16.1. The van der Waals surface area contributed by atoms with Crippen LogP contribution in [-0.2, 0) is 6.54 Å². The van der Waals surface area contributed by atoms with Crippen LogP contribution >= 0.6 is 15.9 Å². The molecule has 1 aliphatic carbocycles. The highest BCUT2D eigenvalue weighted by atomic mass is 79.9. The van der Waals surface area contributed by atoms with Gasteiger partial charge in [-0.3, -0.25) is 4.98 Å². The molecule has 1 aliphatic rings. The molecule has 0 saturated heterocycles. The summed E-state index contributed by atoms with van der Waals surface area (Å²) in [6.45, 7) is 2.01. The molecule has 1 aromatic heterocycles. The Morgan fingerprint density at radius 1 is 1.54 bits per heavy atom. The van der Waals surface area contributed by atoms with E-state index in [0.717, 1.165) is 29.2 Å². The number of aromatic nitrogens is 1. The molecule has 0 bridgehead atoms. The van der Waals surface area contributed by atoms with Crippen molar-refractivity contribution in [1.29, 1.82) is 0 Å². The van der Waals surface area contributed by atoms with Gasteiger partial charge in [-0.05, 0) is 53.4 Å². The molecule has 1 heterocycles. The number of rotatable bonds is 4. The lowest BCUT2D eigenvalue weighted by Crippen LogP contribution is -2.17. The molecule has 13 heavy (non-hydrogen) atoms. The van der Waals surface area contributed by atoms with Crippen molar-refractivity contribution >= 4 is 15.9 Å². The first-order valence-electron chi connectivity index (χ1n) is 4.66. The van der Waals surface area contributed by atoms with Crippen molar-refractivity contribution in [3.8, 4) is 0 Å². The molecule has 1 fully saturated rings. The smallest absolute Gasteiger partial charge is 0.0683 e. The van der Waals surface area contributed by atoms with Gasteiger partial charge in [0, 0.05) is 17.2 Å². The third-order valence-corrected chi connectivity index (χ3v) is 2.98. The van der Waals surface area contributed by atoms with Crippen LogP contribution in [0.4, 0.5) is 0 Å². The molecule has 0 aromatic carbocycles. The van der Waals surface area contributed by atoms with Crippen LogP contribution in [0.15, 0.2) is 22.8 Å². The van der Waals surface area contributed by atoms with Crippen LogP contribution in [0.2, 0.25) is 0 Å². The quantitative estimate of drug-likeness (QED) is 0.875.